The molecule has 5 aromatic rings. The zero-order valence-corrected chi connectivity index (χ0v) is 21.7. The summed E-state index contributed by atoms with van der Waals surface area (Å²) in [5, 5.41) is 8.73. The van der Waals surface area contributed by atoms with Crippen LogP contribution in [0.2, 0.25) is 0 Å². The zero-order valence-electron chi connectivity index (χ0n) is 21.7. The number of carbonyl (C=O) groups excluding carboxylic acids is 1. The summed E-state index contributed by atoms with van der Waals surface area (Å²) in [6, 6.07) is 22.7. The van der Waals surface area contributed by atoms with Gasteiger partial charge in [0.1, 0.15) is 12.4 Å². The zero-order chi connectivity index (χ0) is 26.8. The lowest BCUT2D eigenvalue weighted by Gasteiger charge is -2.23. The van der Waals surface area contributed by atoms with E-state index in [1.54, 1.807) is 30.9 Å². The molecule has 6 rings (SSSR count). The van der Waals surface area contributed by atoms with E-state index in [2.05, 4.69) is 15.2 Å². The van der Waals surface area contributed by atoms with Crippen molar-refractivity contribution in [2.45, 2.75) is 25.5 Å². The first-order valence-electron chi connectivity index (χ1n) is 12.8. The molecule has 0 unspecified atom stereocenters. The number of rotatable bonds is 8. The van der Waals surface area contributed by atoms with Crippen molar-refractivity contribution >= 4 is 16.9 Å². The fourth-order valence-electron chi connectivity index (χ4n) is 5.06. The van der Waals surface area contributed by atoms with Gasteiger partial charge in [-0.3, -0.25) is 9.36 Å². The van der Waals surface area contributed by atoms with Gasteiger partial charge in [-0.15, -0.1) is 10.2 Å². The number of hydrogen-bond acceptors (Lipinski definition) is 7. The van der Waals surface area contributed by atoms with Gasteiger partial charge >= 0.3 is 0 Å². The van der Waals surface area contributed by atoms with Crippen molar-refractivity contribution in [3.05, 3.63) is 90.3 Å². The lowest BCUT2D eigenvalue weighted by Crippen LogP contribution is -2.33. The second kappa shape index (κ2) is 10.5. The molecule has 39 heavy (non-hydrogen) atoms. The van der Waals surface area contributed by atoms with Crippen molar-refractivity contribution in [1.82, 2.24) is 29.6 Å². The summed E-state index contributed by atoms with van der Waals surface area (Å²) in [4.78, 5) is 24.0. The minimum atomic E-state index is -0.209. The average molecular weight is 525 g/mol. The van der Waals surface area contributed by atoms with Crippen LogP contribution in [0.3, 0.4) is 0 Å². The smallest absolute Gasteiger partial charge is 0.292 e. The number of aromatic nitrogens is 5. The summed E-state index contributed by atoms with van der Waals surface area (Å²) in [7, 11) is 3.13. The normalized spacial score (nSPS) is 15.0. The molecule has 3 heterocycles. The number of amides is 1. The third-order valence-electron chi connectivity index (χ3n) is 6.90. The van der Waals surface area contributed by atoms with Gasteiger partial charge in [0.25, 0.3) is 5.91 Å². The highest BCUT2D eigenvalue weighted by atomic mass is 16.5. The Morgan fingerprint density at radius 3 is 2.54 bits per heavy atom. The summed E-state index contributed by atoms with van der Waals surface area (Å²) < 4.78 is 18.7. The Balaban J connectivity index is 1.33. The topological polar surface area (TPSA) is 107 Å². The molecule has 0 bridgehead atoms. The van der Waals surface area contributed by atoms with Crippen molar-refractivity contribution < 1.29 is 19.0 Å². The van der Waals surface area contributed by atoms with E-state index in [0.717, 1.165) is 35.4 Å². The van der Waals surface area contributed by atoms with E-state index in [0.29, 0.717) is 29.6 Å². The molecule has 198 valence electrons. The van der Waals surface area contributed by atoms with Crippen LogP contribution in [0.4, 0.5) is 0 Å². The number of imidazole rings is 1. The third-order valence-corrected chi connectivity index (χ3v) is 6.90. The Morgan fingerprint density at radius 1 is 0.949 bits per heavy atom. The summed E-state index contributed by atoms with van der Waals surface area (Å²) in [5.74, 6) is 2.81. The molecule has 1 atom stereocenters. The Bertz CT molecular complexity index is 1580. The molecule has 1 aliphatic heterocycles. The number of aromatic amines is 1. The largest absolute Gasteiger partial charge is 0.493 e. The molecular weight excluding hydrogens is 496 g/mol. The van der Waals surface area contributed by atoms with Crippen LogP contribution in [-0.4, -0.2) is 56.3 Å². The van der Waals surface area contributed by atoms with E-state index < -0.39 is 0 Å². The molecule has 10 nitrogen and oxygen atoms in total. The maximum atomic E-state index is 14.0. The third kappa shape index (κ3) is 4.54. The number of methoxy groups -OCH3 is 2. The van der Waals surface area contributed by atoms with Crippen molar-refractivity contribution in [2.24, 2.45) is 0 Å². The maximum Gasteiger partial charge on any atom is 0.292 e. The molecule has 1 amide bonds. The molecule has 0 radical (unpaired) electrons. The van der Waals surface area contributed by atoms with E-state index in [9.17, 15) is 4.79 Å². The number of para-hydroxylation sites is 4. The van der Waals surface area contributed by atoms with Gasteiger partial charge < -0.3 is 24.1 Å². The van der Waals surface area contributed by atoms with Gasteiger partial charge in [0.05, 0.1) is 31.3 Å². The molecule has 3 aromatic carbocycles. The molecule has 0 spiro atoms. The minimum Gasteiger partial charge on any atom is -0.493 e. The molecule has 0 aliphatic carbocycles. The van der Waals surface area contributed by atoms with E-state index in [-0.39, 0.29) is 24.4 Å². The average Bonchev–Trinajstić information content (AvgIpc) is 3.73. The number of ether oxygens (including phenoxy) is 3. The number of likely N-dealkylation sites (tertiary alicyclic amines) is 1. The fraction of sp³-hybridized carbons (Fsp3) is 0.241. The first-order chi connectivity index (χ1) is 19.2. The molecule has 1 saturated heterocycles. The predicted molar refractivity (Wildman–Crippen MR) is 144 cm³/mol. The number of benzene rings is 3. The predicted octanol–water partition coefficient (Wildman–Crippen LogP) is 4.72. The summed E-state index contributed by atoms with van der Waals surface area (Å²) >= 11 is 0. The van der Waals surface area contributed by atoms with Gasteiger partial charge in [-0.25, -0.2) is 4.98 Å². The van der Waals surface area contributed by atoms with Crippen LogP contribution >= 0.6 is 0 Å². The van der Waals surface area contributed by atoms with Crippen LogP contribution in [0, 0.1) is 0 Å². The number of carbonyl (C=O) groups is 1. The summed E-state index contributed by atoms with van der Waals surface area (Å²) in [5.41, 5.74) is 2.60. The van der Waals surface area contributed by atoms with Gasteiger partial charge in [-0.1, -0.05) is 36.4 Å². The van der Waals surface area contributed by atoms with Crippen molar-refractivity contribution in [3.8, 4) is 22.9 Å². The van der Waals surface area contributed by atoms with Crippen LogP contribution in [0.25, 0.3) is 16.7 Å². The van der Waals surface area contributed by atoms with Crippen LogP contribution in [0.5, 0.6) is 17.2 Å². The van der Waals surface area contributed by atoms with Crippen molar-refractivity contribution in [3.63, 3.8) is 0 Å². The Hall–Kier alpha value is -4.86. The standard InChI is InChI=1S/C29H28N6O4/c1-37-23-15-8-16-24(26(23)38-2)39-18-25-32-33-28(35(25)19-10-4-3-5-11-19)29(36)34-17-9-14-22(34)27-30-20-12-6-7-13-21(20)31-27/h3-8,10-13,15-16,22H,9,14,17-18H2,1-2H3,(H,30,31)/t22-/m1/s1. The van der Waals surface area contributed by atoms with E-state index in [1.165, 1.54) is 0 Å². The molecule has 0 saturated carbocycles. The van der Waals surface area contributed by atoms with Crippen LogP contribution < -0.4 is 14.2 Å². The van der Waals surface area contributed by atoms with Crippen LogP contribution in [0.1, 0.15) is 41.2 Å². The second-order valence-corrected chi connectivity index (χ2v) is 9.19. The lowest BCUT2D eigenvalue weighted by atomic mass is 10.2. The number of nitrogens with zero attached hydrogens (tertiary/aromatic N) is 5. The first-order valence-corrected chi connectivity index (χ1v) is 12.8. The Kier molecular flexibility index (Phi) is 6.58. The van der Waals surface area contributed by atoms with Crippen molar-refractivity contribution in [1.29, 1.82) is 0 Å². The van der Waals surface area contributed by atoms with Gasteiger partial charge in [-0.2, -0.15) is 0 Å². The molecule has 2 aromatic heterocycles. The van der Waals surface area contributed by atoms with Gasteiger partial charge in [0.15, 0.2) is 17.3 Å². The van der Waals surface area contributed by atoms with Gasteiger partial charge in [0, 0.05) is 12.2 Å². The number of hydrogen-bond donors (Lipinski definition) is 1. The van der Waals surface area contributed by atoms with E-state index in [1.807, 2.05) is 65.6 Å². The molecular formula is C29H28N6O4. The minimum absolute atomic E-state index is 0.0612. The van der Waals surface area contributed by atoms with Gasteiger partial charge in [0.2, 0.25) is 11.6 Å². The highest BCUT2D eigenvalue weighted by Gasteiger charge is 2.35. The molecule has 1 fully saturated rings. The monoisotopic (exact) mass is 524 g/mol. The quantitative estimate of drug-likeness (QED) is 0.313. The van der Waals surface area contributed by atoms with Gasteiger partial charge in [-0.05, 0) is 49.2 Å². The Labute approximate surface area is 225 Å². The highest BCUT2D eigenvalue weighted by Crippen LogP contribution is 2.37. The maximum absolute atomic E-state index is 14.0. The van der Waals surface area contributed by atoms with Crippen LogP contribution in [-0.2, 0) is 6.61 Å². The fourth-order valence-corrected chi connectivity index (χ4v) is 5.06. The molecule has 10 heteroatoms. The summed E-state index contributed by atoms with van der Waals surface area (Å²) in [6.45, 7) is 0.667. The van der Waals surface area contributed by atoms with Crippen molar-refractivity contribution in [2.75, 3.05) is 20.8 Å². The Morgan fingerprint density at radius 2 is 1.74 bits per heavy atom. The number of H-pyrrole nitrogens is 1. The lowest BCUT2D eigenvalue weighted by molar-refractivity contribution is 0.0715. The van der Waals surface area contributed by atoms with Crippen LogP contribution in [0.15, 0.2) is 72.8 Å². The highest BCUT2D eigenvalue weighted by molar-refractivity contribution is 5.92. The number of fused-ring (bicyclic) bond motifs is 1. The molecule has 1 N–H and O–H groups in total. The second-order valence-electron chi connectivity index (χ2n) is 9.19. The summed E-state index contributed by atoms with van der Waals surface area (Å²) in [6.07, 6.45) is 1.69. The number of nitrogens with one attached hydrogen (secondary N) is 1. The molecule has 1 aliphatic rings. The first kappa shape index (κ1) is 24.5. The van der Waals surface area contributed by atoms with E-state index >= 15 is 0 Å². The SMILES string of the molecule is COc1cccc(OCc2nnc(C(=O)N3CCC[C@@H]3c3nc4ccccc4[nH]3)n2-c2ccccc2)c1OC. The van der Waals surface area contributed by atoms with E-state index in [4.69, 9.17) is 19.2 Å².